The summed E-state index contributed by atoms with van der Waals surface area (Å²) in [6.07, 6.45) is 0. The van der Waals surface area contributed by atoms with Crippen molar-refractivity contribution >= 4 is 0 Å². The maximum atomic E-state index is 9.11. The first-order chi connectivity index (χ1) is 6.36. The maximum absolute atomic E-state index is 9.11. The summed E-state index contributed by atoms with van der Waals surface area (Å²) in [4.78, 5) is 8.81. The van der Waals surface area contributed by atoms with Crippen molar-refractivity contribution in [3.63, 3.8) is 0 Å². The molecular weight excluding hydrogens is 176 g/mol. The van der Waals surface area contributed by atoms with E-state index in [1.54, 1.807) is 0 Å². The highest BCUT2D eigenvalue weighted by atomic mass is 16.3. The molecule has 0 aliphatic rings. The first-order valence-corrected chi connectivity index (χ1v) is 4.81. The van der Waals surface area contributed by atoms with Gasteiger partial charge in [0.1, 0.15) is 5.82 Å². The van der Waals surface area contributed by atoms with E-state index in [0.29, 0.717) is 0 Å². The third-order valence-electron chi connectivity index (χ3n) is 2.25. The van der Waals surface area contributed by atoms with Gasteiger partial charge in [0, 0.05) is 22.4 Å². The fourth-order valence-electron chi connectivity index (χ4n) is 1.30. The second-order valence-corrected chi connectivity index (χ2v) is 4.60. The number of aliphatic hydroxyl groups is 1. The van der Waals surface area contributed by atoms with E-state index in [1.807, 2.05) is 13.8 Å². The molecule has 0 atom stereocenters. The minimum absolute atomic E-state index is 0.0160. The van der Waals surface area contributed by atoms with Crippen LogP contribution >= 0.6 is 0 Å². The Morgan fingerprint density at radius 1 is 1.07 bits per heavy atom. The molecule has 0 amide bonds. The van der Waals surface area contributed by atoms with Crippen LogP contribution in [0, 0.1) is 13.8 Å². The van der Waals surface area contributed by atoms with E-state index in [-0.39, 0.29) is 12.0 Å². The minimum atomic E-state index is -0.0382. The van der Waals surface area contributed by atoms with E-state index in [2.05, 4.69) is 30.7 Å². The van der Waals surface area contributed by atoms with Crippen molar-refractivity contribution < 1.29 is 5.11 Å². The van der Waals surface area contributed by atoms with Gasteiger partial charge in [0.2, 0.25) is 0 Å². The molecular formula is C11H18N2O. The average molecular weight is 194 g/mol. The third kappa shape index (κ3) is 2.10. The molecule has 0 spiro atoms. The second kappa shape index (κ2) is 3.65. The van der Waals surface area contributed by atoms with Crippen LogP contribution < -0.4 is 0 Å². The van der Waals surface area contributed by atoms with Crippen molar-refractivity contribution in [3.8, 4) is 0 Å². The zero-order chi connectivity index (χ0) is 10.9. The monoisotopic (exact) mass is 194 g/mol. The van der Waals surface area contributed by atoms with Gasteiger partial charge in [-0.3, -0.25) is 0 Å². The molecule has 3 nitrogen and oxygen atoms in total. The molecule has 0 fully saturated rings. The minimum Gasteiger partial charge on any atom is -0.392 e. The molecule has 1 aromatic heterocycles. The highest BCUT2D eigenvalue weighted by Crippen LogP contribution is 2.20. The van der Waals surface area contributed by atoms with Gasteiger partial charge in [-0.05, 0) is 13.8 Å². The van der Waals surface area contributed by atoms with Gasteiger partial charge in [-0.2, -0.15) is 0 Å². The summed E-state index contributed by atoms with van der Waals surface area (Å²) in [5, 5.41) is 9.11. The number of aliphatic hydroxyl groups excluding tert-OH is 1. The number of aromatic nitrogens is 2. The summed E-state index contributed by atoms with van der Waals surface area (Å²) in [7, 11) is 0. The summed E-state index contributed by atoms with van der Waals surface area (Å²) in [5.74, 6) is 0.838. The van der Waals surface area contributed by atoms with Gasteiger partial charge >= 0.3 is 0 Å². The molecule has 3 heteroatoms. The van der Waals surface area contributed by atoms with Crippen LogP contribution in [0.2, 0.25) is 0 Å². The van der Waals surface area contributed by atoms with Crippen LogP contribution in [0.3, 0.4) is 0 Å². The summed E-state index contributed by atoms with van der Waals surface area (Å²) in [5.41, 5.74) is 2.57. The Balaban J connectivity index is 3.28. The van der Waals surface area contributed by atoms with Crippen LogP contribution in [0.25, 0.3) is 0 Å². The summed E-state index contributed by atoms with van der Waals surface area (Å²) in [6, 6.07) is 0. The van der Waals surface area contributed by atoms with E-state index in [9.17, 15) is 0 Å². The predicted octanol–water partition coefficient (Wildman–Crippen LogP) is 1.88. The predicted molar refractivity (Wildman–Crippen MR) is 56.1 cm³/mol. The summed E-state index contributed by atoms with van der Waals surface area (Å²) >= 11 is 0. The molecule has 1 rings (SSSR count). The zero-order valence-corrected chi connectivity index (χ0v) is 9.55. The fourth-order valence-corrected chi connectivity index (χ4v) is 1.30. The third-order valence-corrected chi connectivity index (χ3v) is 2.25. The van der Waals surface area contributed by atoms with Crippen LogP contribution in [0.15, 0.2) is 0 Å². The molecule has 0 unspecified atom stereocenters. The van der Waals surface area contributed by atoms with Crippen LogP contribution in [-0.4, -0.2) is 15.1 Å². The van der Waals surface area contributed by atoms with Crippen molar-refractivity contribution in [1.29, 1.82) is 0 Å². The zero-order valence-electron chi connectivity index (χ0n) is 9.55. The molecule has 0 aliphatic carbocycles. The smallest absolute Gasteiger partial charge is 0.134 e. The van der Waals surface area contributed by atoms with Gasteiger partial charge in [-0.25, -0.2) is 9.97 Å². The van der Waals surface area contributed by atoms with Gasteiger partial charge in [0.05, 0.1) is 6.61 Å². The average Bonchev–Trinajstić information content (AvgIpc) is 2.01. The van der Waals surface area contributed by atoms with E-state index >= 15 is 0 Å². The Bertz CT molecular complexity index is 317. The SMILES string of the molecule is Cc1nc(C(C)(C)C)nc(C)c1CO. The molecule has 1 N–H and O–H groups in total. The lowest BCUT2D eigenvalue weighted by atomic mass is 9.95. The fraction of sp³-hybridized carbons (Fsp3) is 0.636. The van der Waals surface area contributed by atoms with E-state index in [4.69, 9.17) is 5.11 Å². The van der Waals surface area contributed by atoms with E-state index in [1.165, 1.54) is 0 Å². The largest absolute Gasteiger partial charge is 0.392 e. The van der Waals surface area contributed by atoms with Crippen LogP contribution in [-0.2, 0) is 12.0 Å². The van der Waals surface area contributed by atoms with Crippen molar-refractivity contribution in [1.82, 2.24) is 9.97 Å². The lowest BCUT2D eigenvalue weighted by Crippen LogP contribution is -2.18. The van der Waals surface area contributed by atoms with E-state index in [0.717, 1.165) is 22.8 Å². The van der Waals surface area contributed by atoms with Crippen molar-refractivity contribution in [2.45, 2.75) is 46.6 Å². The van der Waals surface area contributed by atoms with Crippen molar-refractivity contribution in [2.24, 2.45) is 0 Å². The highest BCUT2D eigenvalue weighted by Gasteiger charge is 2.19. The molecule has 0 bridgehead atoms. The number of hydrogen-bond donors (Lipinski definition) is 1. The van der Waals surface area contributed by atoms with Crippen LogP contribution in [0.4, 0.5) is 0 Å². The van der Waals surface area contributed by atoms with Crippen molar-refractivity contribution in [2.75, 3.05) is 0 Å². The Labute approximate surface area is 85.2 Å². The molecule has 0 radical (unpaired) electrons. The maximum Gasteiger partial charge on any atom is 0.134 e. The molecule has 0 aromatic carbocycles. The first kappa shape index (κ1) is 11.1. The number of rotatable bonds is 1. The summed E-state index contributed by atoms with van der Waals surface area (Å²) < 4.78 is 0. The number of aryl methyl sites for hydroxylation is 2. The Morgan fingerprint density at radius 2 is 1.50 bits per heavy atom. The molecule has 0 aliphatic heterocycles. The van der Waals surface area contributed by atoms with Crippen LogP contribution in [0.5, 0.6) is 0 Å². The normalized spacial score (nSPS) is 11.9. The molecule has 0 saturated heterocycles. The molecule has 14 heavy (non-hydrogen) atoms. The first-order valence-electron chi connectivity index (χ1n) is 4.81. The molecule has 1 heterocycles. The summed E-state index contributed by atoms with van der Waals surface area (Å²) in [6.45, 7) is 10.1. The second-order valence-electron chi connectivity index (χ2n) is 4.60. The topological polar surface area (TPSA) is 46.0 Å². The van der Waals surface area contributed by atoms with Gasteiger partial charge in [-0.1, -0.05) is 20.8 Å². The van der Waals surface area contributed by atoms with Gasteiger partial charge < -0.3 is 5.11 Å². The van der Waals surface area contributed by atoms with Crippen molar-refractivity contribution in [3.05, 3.63) is 22.8 Å². The standard InChI is InChI=1S/C11H18N2O/c1-7-9(6-14)8(2)13-10(12-7)11(3,4)5/h14H,6H2,1-5H3. The lowest BCUT2D eigenvalue weighted by Gasteiger charge is -2.18. The molecule has 0 saturated carbocycles. The highest BCUT2D eigenvalue weighted by molar-refractivity contribution is 5.24. The van der Waals surface area contributed by atoms with Gasteiger partial charge in [0.15, 0.2) is 0 Å². The number of nitrogens with zero attached hydrogens (tertiary/aromatic N) is 2. The Kier molecular flexibility index (Phi) is 2.90. The molecule has 1 aromatic rings. The number of hydrogen-bond acceptors (Lipinski definition) is 3. The lowest BCUT2D eigenvalue weighted by molar-refractivity contribution is 0.278. The molecule has 78 valence electrons. The quantitative estimate of drug-likeness (QED) is 0.742. The van der Waals surface area contributed by atoms with Crippen LogP contribution in [0.1, 0.15) is 43.5 Å². The van der Waals surface area contributed by atoms with Gasteiger partial charge in [0.25, 0.3) is 0 Å². The Morgan fingerprint density at radius 3 is 1.79 bits per heavy atom. The van der Waals surface area contributed by atoms with E-state index < -0.39 is 0 Å². The van der Waals surface area contributed by atoms with Gasteiger partial charge in [-0.15, -0.1) is 0 Å². The Hall–Kier alpha value is -0.960.